The molecule has 1 aliphatic rings. The number of thiazole rings is 1. The van der Waals surface area contributed by atoms with Crippen LogP contribution in [0.15, 0.2) is 23.0 Å². The van der Waals surface area contributed by atoms with E-state index in [1.54, 1.807) is 10.9 Å². The quantitative estimate of drug-likeness (QED) is 0.747. The molecule has 1 heterocycles. The van der Waals surface area contributed by atoms with Crippen LogP contribution in [-0.4, -0.2) is 28.6 Å². The average molecular weight is 224 g/mol. The highest BCUT2D eigenvalue weighted by Crippen LogP contribution is 2.17. The summed E-state index contributed by atoms with van der Waals surface area (Å²) in [4.78, 5) is 15.5. The zero-order chi connectivity index (χ0) is 10.7. The van der Waals surface area contributed by atoms with Gasteiger partial charge in [-0.15, -0.1) is 11.3 Å². The van der Waals surface area contributed by atoms with Crippen molar-refractivity contribution < 1.29 is 9.90 Å². The van der Waals surface area contributed by atoms with Crippen molar-refractivity contribution in [2.45, 2.75) is 12.5 Å². The van der Waals surface area contributed by atoms with Gasteiger partial charge >= 0.3 is 0 Å². The van der Waals surface area contributed by atoms with Crippen LogP contribution < -0.4 is 5.32 Å². The van der Waals surface area contributed by atoms with Gasteiger partial charge < -0.3 is 10.4 Å². The lowest BCUT2D eigenvalue weighted by molar-refractivity contribution is 0.0937. The highest BCUT2D eigenvalue weighted by molar-refractivity contribution is 7.07. The summed E-state index contributed by atoms with van der Waals surface area (Å²) in [5.74, 6) is 0.0234. The zero-order valence-electron chi connectivity index (χ0n) is 8.09. The third kappa shape index (κ3) is 2.43. The fourth-order valence-corrected chi connectivity index (χ4v) is 2.12. The second kappa shape index (κ2) is 4.55. The number of carbonyl (C=O) groups is 1. The van der Waals surface area contributed by atoms with Gasteiger partial charge in [-0.3, -0.25) is 4.79 Å². The summed E-state index contributed by atoms with van der Waals surface area (Å²) in [5.41, 5.74) is 2.09. The molecule has 15 heavy (non-hydrogen) atoms. The molecular weight excluding hydrogens is 212 g/mol. The molecule has 1 amide bonds. The van der Waals surface area contributed by atoms with E-state index in [0.717, 1.165) is 6.42 Å². The molecule has 0 unspecified atom stereocenters. The number of aliphatic hydroxyl groups is 1. The minimum atomic E-state index is -0.149. The Kier molecular flexibility index (Phi) is 3.13. The van der Waals surface area contributed by atoms with Crippen LogP contribution in [0.5, 0.6) is 0 Å². The second-order valence-electron chi connectivity index (χ2n) is 3.52. The van der Waals surface area contributed by atoms with E-state index >= 15 is 0 Å². The van der Waals surface area contributed by atoms with Crippen molar-refractivity contribution in [2.75, 3.05) is 6.61 Å². The number of nitrogens with zero attached hydrogens (tertiary/aromatic N) is 1. The number of aliphatic hydroxyl groups excluding tert-OH is 1. The molecule has 0 fully saturated rings. The van der Waals surface area contributed by atoms with E-state index in [4.69, 9.17) is 5.11 Å². The summed E-state index contributed by atoms with van der Waals surface area (Å²) in [6.45, 7) is 0.138. The van der Waals surface area contributed by atoms with Crippen LogP contribution >= 0.6 is 11.3 Å². The van der Waals surface area contributed by atoms with Crippen LogP contribution in [-0.2, 0) is 0 Å². The Morgan fingerprint density at radius 3 is 3.13 bits per heavy atom. The van der Waals surface area contributed by atoms with E-state index in [2.05, 4.69) is 10.3 Å². The van der Waals surface area contributed by atoms with Gasteiger partial charge in [0.15, 0.2) is 0 Å². The largest absolute Gasteiger partial charge is 0.396 e. The Balaban J connectivity index is 1.89. The molecule has 1 aromatic heterocycles. The fraction of sp³-hybridized carbons (Fsp3) is 0.400. The highest BCUT2D eigenvalue weighted by Gasteiger charge is 2.20. The fourth-order valence-electron chi connectivity index (χ4n) is 1.58. The maximum Gasteiger partial charge on any atom is 0.271 e. The molecule has 1 aliphatic carbocycles. The third-order valence-electron chi connectivity index (χ3n) is 2.39. The minimum Gasteiger partial charge on any atom is -0.396 e. The van der Waals surface area contributed by atoms with E-state index in [0.29, 0.717) is 5.69 Å². The molecule has 0 aromatic carbocycles. The maximum atomic E-state index is 11.6. The van der Waals surface area contributed by atoms with Crippen LogP contribution in [0.1, 0.15) is 16.9 Å². The first kappa shape index (κ1) is 10.3. The molecule has 0 aliphatic heterocycles. The first-order chi connectivity index (χ1) is 7.29. The van der Waals surface area contributed by atoms with Crippen molar-refractivity contribution in [3.8, 4) is 0 Å². The van der Waals surface area contributed by atoms with Gasteiger partial charge in [0.05, 0.1) is 5.51 Å². The van der Waals surface area contributed by atoms with Gasteiger partial charge in [-0.2, -0.15) is 0 Å². The van der Waals surface area contributed by atoms with Gasteiger partial charge in [0, 0.05) is 23.9 Å². The SMILES string of the molecule is O=C(N[C@@H]1C=C[C@H](CO)C1)c1cscn1. The van der Waals surface area contributed by atoms with Gasteiger partial charge in [0.25, 0.3) is 5.91 Å². The molecular formula is C10H12N2O2S. The monoisotopic (exact) mass is 224 g/mol. The molecule has 80 valence electrons. The van der Waals surface area contributed by atoms with Crippen molar-refractivity contribution in [3.05, 3.63) is 28.7 Å². The molecule has 0 spiro atoms. The Hall–Kier alpha value is -1.20. The normalized spacial score (nSPS) is 24.3. The molecule has 0 radical (unpaired) electrons. The summed E-state index contributed by atoms with van der Waals surface area (Å²) in [6, 6.07) is 0.0244. The Bertz CT molecular complexity index is 362. The Morgan fingerprint density at radius 1 is 1.67 bits per heavy atom. The Morgan fingerprint density at radius 2 is 2.53 bits per heavy atom. The van der Waals surface area contributed by atoms with Crippen LogP contribution in [0.2, 0.25) is 0 Å². The van der Waals surface area contributed by atoms with Gasteiger partial charge in [-0.25, -0.2) is 4.98 Å². The van der Waals surface area contributed by atoms with Crippen LogP contribution in [0.25, 0.3) is 0 Å². The lowest BCUT2D eigenvalue weighted by atomic mass is 10.1. The molecule has 1 aromatic rings. The molecule has 0 saturated carbocycles. The minimum absolute atomic E-state index is 0.0244. The first-order valence-electron chi connectivity index (χ1n) is 4.78. The van der Waals surface area contributed by atoms with Crippen LogP contribution in [0, 0.1) is 5.92 Å². The zero-order valence-corrected chi connectivity index (χ0v) is 8.91. The van der Waals surface area contributed by atoms with Crippen LogP contribution in [0.3, 0.4) is 0 Å². The lowest BCUT2D eigenvalue weighted by Crippen LogP contribution is -2.33. The van der Waals surface area contributed by atoms with Crippen molar-refractivity contribution in [2.24, 2.45) is 5.92 Å². The number of carbonyl (C=O) groups excluding carboxylic acids is 1. The summed E-state index contributed by atoms with van der Waals surface area (Å²) in [7, 11) is 0. The summed E-state index contributed by atoms with van der Waals surface area (Å²) >= 11 is 1.40. The van der Waals surface area contributed by atoms with Crippen LogP contribution in [0.4, 0.5) is 0 Å². The third-order valence-corrected chi connectivity index (χ3v) is 2.97. The number of aromatic nitrogens is 1. The second-order valence-corrected chi connectivity index (χ2v) is 4.24. The summed E-state index contributed by atoms with van der Waals surface area (Å²) in [5, 5.41) is 13.5. The molecule has 2 atom stereocenters. The van der Waals surface area contributed by atoms with Crippen molar-refractivity contribution in [3.63, 3.8) is 0 Å². The maximum absolute atomic E-state index is 11.6. The topological polar surface area (TPSA) is 62.2 Å². The molecule has 4 nitrogen and oxygen atoms in total. The predicted molar refractivity (Wildman–Crippen MR) is 57.7 cm³/mol. The summed E-state index contributed by atoms with van der Waals surface area (Å²) < 4.78 is 0. The van der Waals surface area contributed by atoms with Crippen molar-refractivity contribution >= 4 is 17.2 Å². The molecule has 0 saturated heterocycles. The molecule has 2 N–H and O–H groups in total. The number of hydrogen-bond donors (Lipinski definition) is 2. The number of rotatable bonds is 3. The van der Waals surface area contributed by atoms with E-state index in [1.165, 1.54) is 11.3 Å². The molecule has 0 bridgehead atoms. The van der Waals surface area contributed by atoms with Gasteiger partial charge in [0.1, 0.15) is 5.69 Å². The van der Waals surface area contributed by atoms with Gasteiger partial charge in [-0.05, 0) is 6.42 Å². The molecule has 2 rings (SSSR count). The van der Waals surface area contributed by atoms with E-state index in [1.807, 2.05) is 12.2 Å². The first-order valence-corrected chi connectivity index (χ1v) is 5.72. The lowest BCUT2D eigenvalue weighted by Gasteiger charge is -2.11. The predicted octanol–water partition coefficient (Wildman–Crippen LogP) is 0.810. The number of nitrogens with one attached hydrogen (secondary N) is 1. The highest BCUT2D eigenvalue weighted by atomic mass is 32.1. The number of amides is 1. The van der Waals surface area contributed by atoms with Gasteiger partial charge in [-0.1, -0.05) is 12.2 Å². The summed E-state index contributed by atoms with van der Waals surface area (Å²) in [6.07, 6.45) is 4.63. The van der Waals surface area contributed by atoms with E-state index < -0.39 is 0 Å². The Labute approximate surface area is 91.7 Å². The smallest absolute Gasteiger partial charge is 0.271 e. The van der Waals surface area contributed by atoms with Crippen molar-refractivity contribution in [1.82, 2.24) is 10.3 Å². The van der Waals surface area contributed by atoms with Crippen molar-refractivity contribution in [1.29, 1.82) is 0 Å². The average Bonchev–Trinajstić information content (AvgIpc) is 2.87. The molecule has 5 heteroatoms. The number of hydrogen-bond acceptors (Lipinski definition) is 4. The van der Waals surface area contributed by atoms with Gasteiger partial charge in [0.2, 0.25) is 0 Å². The van der Waals surface area contributed by atoms with E-state index in [9.17, 15) is 4.79 Å². The standard InChI is InChI=1S/C10H12N2O2S/c13-4-7-1-2-8(3-7)12-10(14)9-5-15-6-11-9/h1-2,5-8,13H,3-4H2,(H,12,14)/t7-,8+/m0/s1. The van der Waals surface area contributed by atoms with E-state index in [-0.39, 0.29) is 24.5 Å².